The second kappa shape index (κ2) is 6.87. The third-order valence-electron chi connectivity index (χ3n) is 3.37. The zero-order valence-corrected chi connectivity index (χ0v) is 13.7. The smallest absolute Gasteiger partial charge is 0.0699 e. The molecule has 18 heavy (non-hydrogen) atoms. The second-order valence-corrected chi connectivity index (χ2v) is 9.31. The summed E-state index contributed by atoms with van der Waals surface area (Å²) in [6, 6.07) is 0. The van der Waals surface area contributed by atoms with Crippen LogP contribution < -0.4 is 0 Å². The van der Waals surface area contributed by atoms with Gasteiger partial charge in [-0.15, -0.1) is 0 Å². The van der Waals surface area contributed by atoms with Crippen molar-refractivity contribution in [1.29, 1.82) is 0 Å². The van der Waals surface area contributed by atoms with Gasteiger partial charge in [-0.3, -0.25) is 0 Å². The molecule has 0 radical (unpaired) electrons. The average molecular weight is 315 g/mol. The van der Waals surface area contributed by atoms with Crippen LogP contribution in [-0.2, 0) is 0 Å². The van der Waals surface area contributed by atoms with E-state index in [1.54, 1.807) is 14.0 Å². The van der Waals surface area contributed by atoms with Crippen LogP contribution in [0.1, 0.15) is 51.4 Å². The summed E-state index contributed by atoms with van der Waals surface area (Å²) in [4.78, 5) is 3.38. The molecule has 0 aromatic rings. The predicted octanol–water partition coefficient (Wildman–Crippen LogP) is 6.89. The molecule has 0 atom stereocenters. The lowest BCUT2D eigenvalue weighted by Crippen LogP contribution is -1.88. The highest BCUT2D eigenvalue weighted by atomic mass is 32.2. The Hall–Kier alpha value is 0.620. The lowest BCUT2D eigenvalue weighted by atomic mass is 10.0. The molecule has 0 N–H and O–H groups in total. The second-order valence-electron chi connectivity index (χ2n) is 4.75. The summed E-state index contributed by atoms with van der Waals surface area (Å²) >= 11 is 7.94. The highest BCUT2D eigenvalue weighted by Crippen LogP contribution is 2.58. The maximum atomic E-state index is 2.21. The van der Waals surface area contributed by atoms with E-state index in [4.69, 9.17) is 0 Å². The molecule has 3 aliphatic rings. The normalized spacial score (nSPS) is 25.8. The number of thioether (sulfide) groups is 4. The molecule has 2 heterocycles. The average Bonchev–Trinajstić information content (AvgIpc) is 3.03. The van der Waals surface area contributed by atoms with Gasteiger partial charge in [-0.05, 0) is 36.5 Å². The number of allylic oxidation sites excluding steroid dienone is 2. The van der Waals surface area contributed by atoms with E-state index < -0.39 is 0 Å². The fourth-order valence-corrected chi connectivity index (χ4v) is 7.48. The zero-order chi connectivity index (χ0) is 12.2. The van der Waals surface area contributed by atoms with Crippen LogP contribution in [0.2, 0.25) is 0 Å². The van der Waals surface area contributed by atoms with Crippen LogP contribution in [0.3, 0.4) is 0 Å². The van der Waals surface area contributed by atoms with Crippen LogP contribution in [0.4, 0.5) is 0 Å². The molecule has 0 fully saturated rings. The van der Waals surface area contributed by atoms with Gasteiger partial charge in [0.15, 0.2) is 0 Å². The number of hydrogen-bond donors (Lipinski definition) is 0. The Morgan fingerprint density at radius 2 is 1.11 bits per heavy atom. The van der Waals surface area contributed by atoms with Gasteiger partial charge in [0.05, 0.1) is 8.47 Å². The third kappa shape index (κ3) is 3.38. The Kier molecular flexibility index (Phi) is 5.19. The van der Waals surface area contributed by atoms with Crippen molar-refractivity contribution in [3.05, 3.63) is 29.1 Å². The molecule has 0 aromatic carbocycles. The molecule has 0 amide bonds. The maximum absolute atomic E-state index is 2.21. The summed E-state index contributed by atoms with van der Waals surface area (Å²) in [5.74, 6) is 0. The lowest BCUT2D eigenvalue weighted by Gasteiger charge is -2.08. The van der Waals surface area contributed by atoms with E-state index in [2.05, 4.69) is 34.3 Å². The molecular formula is C14H18S4. The first-order chi connectivity index (χ1) is 8.93. The molecule has 0 nitrogen and oxygen atoms in total. The van der Waals surface area contributed by atoms with Crippen molar-refractivity contribution < 1.29 is 0 Å². The topological polar surface area (TPSA) is 0 Å². The van der Waals surface area contributed by atoms with Crippen LogP contribution >= 0.6 is 47.0 Å². The van der Waals surface area contributed by atoms with Crippen molar-refractivity contribution in [2.75, 3.05) is 0 Å². The van der Waals surface area contributed by atoms with Gasteiger partial charge >= 0.3 is 0 Å². The van der Waals surface area contributed by atoms with Crippen molar-refractivity contribution in [2.24, 2.45) is 0 Å². The Morgan fingerprint density at radius 3 is 1.67 bits per heavy atom. The summed E-state index contributed by atoms with van der Waals surface area (Å²) in [6.45, 7) is 0. The molecule has 1 aliphatic carbocycles. The first kappa shape index (κ1) is 13.6. The first-order valence-corrected chi connectivity index (χ1v) is 10.1. The van der Waals surface area contributed by atoms with Gasteiger partial charge in [0.25, 0.3) is 0 Å². The summed E-state index contributed by atoms with van der Waals surface area (Å²) < 4.78 is 3.06. The summed E-state index contributed by atoms with van der Waals surface area (Å²) in [5, 5.41) is 4.42. The van der Waals surface area contributed by atoms with E-state index in [-0.39, 0.29) is 0 Å². The van der Waals surface area contributed by atoms with E-state index >= 15 is 0 Å². The largest absolute Gasteiger partial charge is 0.0884 e. The monoisotopic (exact) mass is 314 g/mol. The molecule has 0 unspecified atom stereocenters. The van der Waals surface area contributed by atoms with E-state index in [0.717, 1.165) is 0 Å². The minimum Gasteiger partial charge on any atom is -0.0884 e. The molecule has 98 valence electrons. The maximum Gasteiger partial charge on any atom is 0.0699 e. The van der Waals surface area contributed by atoms with Gasteiger partial charge in [0.1, 0.15) is 0 Å². The van der Waals surface area contributed by atoms with E-state index in [9.17, 15) is 0 Å². The van der Waals surface area contributed by atoms with Gasteiger partial charge in [0, 0.05) is 9.81 Å². The molecule has 4 heteroatoms. The Labute approximate surface area is 127 Å². The van der Waals surface area contributed by atoms with Gasteiger partial charge < -0.3 is 0 Å². The molecule has 2 aliphatic heterocycles. The van der Waals surface area contributed by atoms with Gasteiger partial charge in [0.2, 0.25) is 0 Å². The van der Waals surface area contributed by atoms with E-state index in [1.807, 2.05) is 23.5 Å². The molecule has 3 rings (SSSR count). The van der Waals surface area contributed by atoms with Gasteiger partial charge in [-0.25, -0.2) is 0 Å². The van der Waals surface area contributed by atoms with Crippen molar-refractivity contribution in [3.8, 4) is 0 Å². The Morgan fingerprint density at radius 1 is 0.611 bits per heavy atom. The summed E-state index contributed by atoms with van der Waals surface area (Å²) in [7, 11) is 0. The van der Waals surface area contributed by atoms with Crippen molar-refractivity contribution in [1.82, 2.24) is 0 Å². The van der Waals surface area contributed by atoms with Crippen LogP contribution in [0.15, 0.2) is 29.1 Å². The Balaban J connectivity index is 1.70. The van der Waals surface area contributed by atoms with Crippen LogP contribution in [0.25, 0.3) is 0 Å². The first-order valence-electron chi connectivity index (χ1n) is 6.74. The minimum absolute atomic E-state index is 1.33. The third-order valence-corrected chi connectivity index (χ3v) is 8.82. The highest BCUT2D eigenvalue weighted by molar-refractivity contribution is 8.33. The van der Waals surface area contributed by atoms with Crippen LogP contribution in [-0.4, -0.2) is 0 Å². The Bertz CT molecular complexity index is 372. The number of hydrogen-bond acceptors (Lipinski definition) is 4. The lowest BCUT2D eigenvalue weighted by molar-refractivity contribution is 0.589. The fourth-order valence-electron chi connectivity index (χ4n) is 2.40. The highest BCUT2D eigenvalue weighted by Gasteiger charge is 2.24. The zero-order valence-electron chi connectivity index (χ0n) is 10.4. The standard InChI is InChI=1S/C14H18S4/c1-2-4-6-8-12-11(7-5-3-1)17-14(18-12)13-15-9-10-16-13/h9-10H,1-8H2. The summed E-state index contributed by atoms with van der Waals surface area (Å²) in [5.41, 5.74) is 0. The summed E-state index contributed by atoms with van der Waals surface area (Å²) in [6.07, 6.45) is 11.2. The van der Waals surface area contributed by atoms with Crippen molar-refractivity contribution >= 4 is 47.0 Å². The van der Waals surface area contributed by atoms with Gasteiger partial charge in [-0.2, -0.15) is 0 Å². The van der Waals surface area contributed by atoms with Gasteiger partial charge in [-0.1, -0.05) is 72.7 Å². The minimum atomic E-state index is 1.33. The molecule has 0 bridgehead atoms. The molecule has 0 saturated heterocycles. The molecule has 0 spiro atoms. The van der Waals surface area contributed by atoms with E-state index in [1.165, 1.54) is 55.6 Å². The molecule has 0 aromatic heterocycles. The molecular weight excluding hydrogens is 296 g/mol. The molecule has 0 saturated carbocycles. The predicted molar refractivity (Wildman–Crippen MR) is 90.5 cm³/mol. The quantitative estimate of drug-likeness (QED) is 0.477. The number of rotatable bonds is 0. The van der Waals surface area contributed by atoms with Crippen LogP contribution in [0, 0.1) is 0 Å². The van der Waals surface area contributed by atoms with E-state index in [0.29, 0.717) is 0 Å². The van der Waals surface area contributed by atoms with Crippen molar-refractivity contribution in [3.63, 3.8) is 0 Å². The van der Waals surface area contributed by atoms with Crippen molar-refractivity contribution in [2.45, 2.75) is 51.4 Å². The van der Waals surface area contributed by atoms with Crippen LogP contribution in [0.5, 0.6) is 0 Å². The SMILES string of the molecule is C1=CSC(=C2SC3=C(CCCCCCCC3)S2)S1. The fraction of sp³-hybridized carbons (Fsp3) is 0.571.